The lowest BCUT2D eigenvalue weighted by Crippen LogP contribution is -2.18. The van der Waals surface area contributed by atoms with Crippen molar-refractivity contribution in [3.8, 4) is 11.8 Å². The molecule has 1 heterocycles. The van der Waals surface area contributed by atoms with Gasteiger partial charge >= 0.3 is 5.63 Å². The first-order chi connectivity index (χ1) is 17.4. The topological polar surface area (TPSA) is 120 Å². The van der Waals surface area contributed by atoms with Gasteiger partial charge in [-0.05, 0) is 72.9 Å². The molecule has 8 heteroatoms. The molecule has 1 fully saturated rings. The Labute approximate surface area is 208 Å². The van der Waals surface area contributed by atoms with E-state index in [0.717, 1.165) is 12.8 Å². The third kappa shape index (κ3) is 4.61. The number of hydrogen-bond donors (Lipinski definition) is 2. The van der Waals surface area contributed by atoms with Crippen molar-refractivity contribution in [3.05, 3.63) is 111 Å². The maximum absolute atomic E-state index is 13.1. The molecule has 0 spiro atoms. The molecule has 1 saturated carbocycles. The minimum absolute atomic E-state index is 0.0273. The minimum atomic E-state index is -3.90. The summed E-state index contributed by atoms with van der Waals surface area (Å²) >= 11 is 0. The van der Waals surface area contributed by atoms with Crippen molar-refractivity contribution < 1.29 is 17.9 Å². The largest absolute Gasteiger partial charge is 0.507 e. The summed E-state index contributed by atoms with van der Waals surface area (Å²) in [6, 6.07) is 14.4. The van der Waals surface area contributed by atoms with E-state index in [-0.39, 0.29) is 27.9 Å². The number of rotatable bonds is 6. The molecular formula is C28H22N2O5S. The Morgan fingerprint density at radius 3 is 2.44 bits per heavy atom. The van der Waals surface area contributed by atoms with Crippen LogP contribution in [0.3, 0.4) is 0 Å². The molecule has 180 valence electrons. The maximum Gasteiger partial charge on any atom is 0.343 e. The van der Waals surface area contributed by atoms with E-state index in [4.69, 9.17) is 9.68 Å². The molecule has 2 aliphatic rings. The number of aromatic hydroxyl groups is 1. The van der Waals surface area contributed by atoms with Crippen molar-refractivity contribution in [2.75, 3.05) is 4.72 Å². The fourth-order valence-electron chi connectivity index (χ4n) is 4.37. The average molecular weight is 499 g/mol. The second-order valence-electron chi connectivity index (χ2n) is 8.72. The van der Waals surface area contributed by atoms with E-state index in [2.05, 4.69) is 4.72 Å². The molecule has 0 saturated heterocycles. The van der Waals surface area contributed by atoms with Gasteiger partial charge in [-0.3, -0.25) is 4.72 Å². The van der Waals surface area contributed by atoms with Gasteiger partial charge in [0.25, 0.3) is 10.0 Å². The highest BCUT2D eigenvalue weighted by atomic mass is 32.2. The quantitative estimate of drug-likeness (QED) is 0.485. The van der Waals surface area contributed by atoms with Crippen LogP contribution in [0, 0.1) is 17.2 Å². The van der Waals surface area contributed by atoms with E-state index in [1.807, 2.05) is 18.2 Å². The van der Waals surface area contributed by atoms with Crippen LogP contribution in [-0.4, -0.2) is 13.5 Å². The van der Waals surface area contributed by atoms with E-state index < -0.39 is 21.6 Å². The summed E-state index contributed by atoms with van der Waals surface area (Å²) < 4.78 is 34.0. The van der Waals surface area contributed by atoms with Gasteiger partial charge in [0.05, 0.1) is 27.7 Å². The molecule has 1 aromatic heterocycles. The van der Waals surface area contributed by atoms with Gasteiger partial charge in [0.15, 0.2) is 0 Å². The highest BCUT2D eigenvalue weighted by Crippen LogP contribution is 2.49. The van der Waals surface area contributed by atoms with Crippen molar-refractivity contribution in [2.24, 2.45) is 5.92 Å². The Morgan fingerprint density at radius 1 is 1.03 bits per heavy atom. The molecule has 0 radical (unpaired) electrons. The summed E-state index contributed by atoms with van der Waals surface area (Å²) in [5.41, 5.74) is 1.37. The summed E-state index contributed by atoms with van der Waals surface area (Å²) in [6.07, 6.45) is 12.2. The third-order valence-corrected chi connectivity index (χ3v) is 7.64. The van der Waals surface area contributed by atoms with Crippen molar-refractivity contribution >= 4 is 27.9 Å². The van der Waals surface area contributed by atoms with E-state index in [1.165, 1.54) is 24.3 Å². The molecule has 0 unspecified atom stereocenters. The Kier molecular flexibility index (Phi) is 6.08. The Balaban J connectivity index is 1.53. The molecule has 7 nitrogen and oxygen atoms in total. The summed E-state index contributed by atoms with van der Waals surface area (Å²) in [7, 11) is -3.90. The minimum Gasteiger partial charge on any atom is -0.507 e. The standard InChI is InChI=1S/C28H22N2O5S/c29-17-18-10-14-22(15-11-18)36(33,34)30-21-7-5-6-20(16-21)25(19-12-13-19)26-27(31)23-8-3-1-2-4-9-24(23)35-28(26)32/h1-11,14-16,19,25,30-31H,12-13H2/b2-1-,3-1?,4-2?,8-3-,9-4-,23-8?,24-9?/t25-/m0/s1. The lowest BCUT2D eigenvalue weighted by Gasteiger charge is -2.20. The second-order valence-corrected chi connectivity index (χ2v) is 10.4. The van der Waals surface area contributed by atoms with Crippen molar-refractivity contribution in [2.45, 2.75) is 23.7 Å². The van der Waals surface area contributed by atoms with Gasteiger partial charge in [-0.25, -0.2) is 13.2 Å². The van der Waals surface area contributed by atoms with Gasteiger partial charge in [0, 0.05) is 11.6 Å². The Bertz CT molecular complexity index is 1620. The number of allylic oxidation sites excluding steroid dienone is 4. The highest BCUT2D eigenvalue weighted by molar-refractivity contribution is 7.92. The monoisotopic (exact) mass is 498 g/mol. The fraction of sp³-hybridized carbons (Fsp3) is 0.143. The van der Waals surface area contributed by atoms with Crippen LogP contribution in [0.2, 0.25) is 0 Å². The van der Waals surface area contributed by atoms with Crippen LogP contribution in [0.25, 0.3) is 12.2 Å². The van der Waals surface area contributed by atoms with Crippen LogP contribution in [0.15, 0.2) is 86.9 Å². The zero-order valence-corrected chi connectivity index (χ0v) is 19.9. The first-order valence-corrected chi connectivity index (χ1v) is 12.9. The van der Waals surface area contributed by atoms with Gasteiger partial charge in [-0.2, -0.15) is 5.26 Å². The summed E-state index contributed by atoms with van der Waals surface area (Å²) in [5, 5.41) is 20.1. The van der Waals surface area contributed by atoms with Crippen LogP contribution in [0.4, 0.5) is 5.69 Å². The zero-order valence-electron chi connectivity index (χ0n) is 19.1. The van der Waals surface area contributed by atoms with E-state index in [9.17, 15) is 18.3 Å². The van der Waals surface area contributed by atoms with Crippen molar-refractivity contribution in [3.63, 3.8) is 0 Å². The molecule has 36 heavy (non-hydrogen) atoms. The van der Waals surface area contributed by atoms with Crippen molar-refractivity contribution in [1.29, 1.82) is 5.26 Å². The van der Waals surface area contributed by atoms with Crippen LogP contribution < -0.4 is 10.3 Å². The van der Waals surface area contributed by atoms with Gasteiger partial charge < -0.3 is 9.52 Å². The van der Waals surface area contributed by atoms with Crippen molar-refractivity contribution in [1.82, 2.24) is 0 Å². The number of anilines is 1. The fourth-order valence-corrected chi connectivity index (χ4v) is 5.42. The maximum atomic E-state index is 13.1. The first kappa shape index (κ1) is 23.4. The molecule has 2 N–H and O–H groups in total. The lowest BCUT2D eigenvalue weighted by atomic mass is 9.86. The molecule has 0 aliphatic heterocycles. The van der Waals surface area contributed by atoms with Crippen LogP contribution in [0.5, 0.6) is 5.75 Å². The van der Waals surface area contributed by atoms with Crippen LogP contribution >= 0.6 is 0 Å². The normalized spacial score (nSPS) is 18.1. The van der Waals surface area contributed by atoms with Gasteiger partial charge in [-0.1, -0.05) is 36.4 Å². The van der Waals surface area contributed by atoms with E-state index in [0.29, 0.717) is 22.4 Å². The summed E-state index contributed by atoms with van der Waals surface area (Å²) in [6.45, 7) is 0. The van der Waals surface area contributed by atoms with Gasteiger partial charge in [0.1, 0.15) is 11.5 Å². The van der Waals surface area contributed by atoms with Crippen LogP contribution in [-0.2, 0) is 10.0 Å². The van der Waals surface area contributed by atoms with E-state index in [1.54, 1.807) is 48.6 Å². The molecule has 0 amide bonds. The summed E-state index contributed by atoms with van der Waals surface area (Å²) in [5.74, 6) is -0.183. The summed E-state index contributed by atoms with van der Waals surface area (Å²) in [4.78, 5) is 13.1. The zero-order chi connectivity index (χ0) is 25.3. The predicted molar refractivity (Wildman–Crippen MR) is 137 cm³/mol. The number of nitriles is 1. The van der Waals surface area contributed by atoms with E-state index >= 15 is 0 Å². The van der Waals surface area contributed by atoms with Gasteiger partial charge in [0.2, 0.25) is 0 Å². The SMILES string of the molecule is N#Cc1ccc(S(=O)(=O)Nc2cccc([C@@H](c3c(O)c4c(oc3=O)\C=C/C=C\C=C/4)C3CC3)c2)cc1. The number of sulfonamides is 1. The molecule has 2 aliphatic carbocycles. The number of hydrogen-bond acceptors (Lipinski definition) is 6. The molecule has 3 aromatic rings. The lowest BCUT2D eigenvalue weighted by molar-refractivity contribution is 0.420. The molecular weight excluding hydrogens is 476 g/mol. The second kappa shape index (κ2) is 9.36. The molecule has 5 rings (SSSR count). The van der Waals surface area contributed by atoms with Crippen LogP contribution in [0.1, 0.15) is 46.8 Å². The number of nitrogens with zero attached hydrogens (tertiary/aromatic N) is 1. The molecule has 2 aromatic carbocycles. The Morgan fingerprint density at radius 2 is 1.75 bits per heavy atom. The molecule has 0 bridgehead atoms. The number of nitrogens with one attached hydrogen (secondary N) is 1. The third-order valence-electron chi connectivity index (χ3n) is 6.24. The Hall–Kier alpha value is -4.35. The average Bonchev–Trinajstić information content (AvgIpc) is 3.68. The number of benzene rings is 2. The predicted octanol–water partition coefficient (Wildman–Crippen LogP) is 5.16. The smallest absolute Gasteiger partial charge is 0.343 e. The number of fused-ring (bicyclic) bond motifs is 1. The first-order valence-electron chi connectivity index (χ1n) is 11.4. The highest BCUT2D eigenvalue weighted by Gasteiger charge is 2.38. The van der Waals surface area contributed by atoms with Gasteiger partial charge in [-0.15, -0.1) is 0 Å². The molecule has 1 atom stereocenters.